The number of carbonyl (C=O) groups excluding carboxylic acids is 1. The average molecular weight is 270 g/mol. The third kappa shape index (κ3) is 3.68. The lowest BCUT2D eigenvalue weighted by Gasteiger charge is -2.04. The molecule has 0 aliphatic heterocycles. The first-order chi connectivity index (χ1) is 9.54. The number of hydrogen-bond acceptors (Lipinski definition) is 2. The van der Waals surface area contributed by atoms with Crippen molar-refractivity contribution in [2.24, 2.45) is 0 Å². The fourth-order valence-electron chi connectivity index (χ4n) is 1.73. The molecule has 0 saturated heterocycles. The molecule has 0 fully saturated rings. The Kier molecular flexibility index (Phi) is 4.15. The first-order valence-electron chi connectivity index (χ1n) is 6.15. The molecule has 0 saturated carbocycles. The molecule has 0 heterocycles. The molecule has 1 amide bonds. The molecular weight excluding hydrogens is 255 g/mol. The first-order valence-corrected chi connectivity index (χ1v) is 6.15. The van der Waals surface area contributed by atoms with Gasteiger partial charge in [0.05, 0.1) is 5.69 Å². The molecule has 2 rings (SSSR count). The van der Waals surface area contributed by atoms with Crippen molar-refractivity contribution < 1.29 is 9.18 Å². The second-order valence-corrected chi connectivity index (χ2v) is 4.48. The number of carbonyl (C=O) groups is 1. The second-order valence-electron chi connectivity index (χ2n) is 4.48. The molecule has 2 aromatic carbocycles. The van der Waals surface area contributed by atoms with Crippen molar-refractivity contribution in [3.63, 3.8) is 0 Å². The summed E-state index contributed by atoms with van der Waals surface area (Å²) in [6, 6.07) is 11.8. The molecule has 20 heavy (non-hydrogen) atoms. The molecule has 3 nitrogen and oxygen atoms in total. The lowest BCUT2D eigenvalue weighted by molar-refractivity contribution is -0.111. The summed E-state index contributed by atoms with van der Waals surface area (Å²) in [5, 5.41) is 2.49. The molecule has 4 heteroatoms. The fourth-order valence-corrected chi connectivity index (χ4v) is 1.73. The number of nitrogen functional groups attached to an aromatic ring is 1. The Morgan fingerprint density at radius 1 is 1.25 bits per heavy atom. The molecular formula is C16H15FN2O. The van der Waals surface area contributed by atoms with Crippen LogP contribution >= 0.6 is 0 Å². The SMILES string of the molecule is Cc1ccc(NC(=O)/C=C/c2cccc(N)c2)c(F)c1. The molecule has 2 aromatic rings. The Hall–Kier alpha value is -2.62. The number of amides is 1. The van der Waals surface area contributed by atoms with E-state index in [1.807, 2.05) is 6.07 Å². The minimum absolute atomic E-state index is 0.165. The van der Waals surface area contributed by atoms with Gasteiger partial charge in [0.1, 0.15) is 5.82 Å². The monoisotopic (exact) mass is 270 g/mol. The Morgan fingerprint density at radius 2 is 2.05 bits per heavy atom. The van der Waals surface area contributed by atoms with Gasteiger partial charge in [0, 0.05) is 11.8 Å². The lowest BCUT2D eigenvalue weighted by atomic mass is 10.2. The molecule has 102 valence electrons. The normalized spacial score (nSPS) is 10.7. The van der Waals surface area contributed by atoms with E-state index in [0.29, 0.717) is 5.69 Å². The van der Waals surface area contributed by atoms with Crippen LogP contribution in [0.5, 0.6) is 0 Å². The molecule has 0 atom stereocenters. The molecule has 0 unspecified atom stereocenters. The third-order valence-electron chi connectivity index (χ3n) is 2.72. The van der Waals surface area contributed by atoms with E-state index in [9.17, 15) is 9.18 Å². The highest BCUT2D eigenvalue weighted by Gasteiger charge is 2.04. The summed E-state index contributed by atoms with van der Waals surface area (Å²) in [6.07, 6.45) is 2.96. The summed E-state index contributed by atoms with van der Waals surface area (Å²) in [5.41, 5.74) is 8.04. The lowest BCUT2D eigenvalue weighted by Crippen LogP contribution is -2.09. The minimum atomic E-state index is -0.448. The highest BCUT2D eigenvalue weighted by atomic mass is 19.1. The van der Waals surface area contributed by atoms with Gasteiger partial charge < -0.3 is 11.1 Å². The maximum Gasteiger partial charge on any atom is 0.248 e. The van der Waals surface area contributed by atoms with E-state index < -0.39 is 11.7 Å². The summed E-state index contributed by atoms with van der Waals surface area (Å²) in [6.45, 7) is 1.79. The van der Waals surface area contributed by atoms with Crippen molar-refractivity contribution in [2.45, 2.75) is 6.92 Å². The Morgan fingerprint density at radius 3 is 2.75 bits per heavy atom. The van der Waals surface area contributed by atoms with Crippen molar-refractivity contribution in [3.05, 3.63) is 65.5 Å². The number of benzene rings is 2. The largest absolute Gasteiger partial charge is 0.399 e. The van der Waals surface area contributed by atoms with Crippen LogP contribution in [0.15, 0.2) is 48.5 Å². The maximum atomic E-state index is 13.6. The van der Waals surface area contributed by atoms with Gasteiger partial charge in [0.15, 0.2) is 0 Å². The molecule has 0 spiro atoms. The summed E-state index contributed by atoms with van der Waals surface area (Å²) in [5.74, 6) is -0.842. The van der Waals surface area contributed by atoms with Gasteiger partial charge in [-0.1, -0.05) is 18.2 Å². The third-order valence-corrected chi connectivity index (χ3v) is 2.72. The minimum Gasteiger partial charge on any atom is -0.399 e. The van der Waals surface area contributed by atoms with Gasteiger partial charge >= 0.3 is 0 Å². The van der Waals surface area contributed by atoms with E-state index in [4.69, 9.17) is 5.73 Å². The quantitative estimate of drug-likeness (QED) is 0.663. The van der Waals surface area contributed by atoms with Gasteiger partial charge in [-0.15, -0.1) is 0 Å². The highest BCUT2D eigenvalue weighted by molar-refractivity contribution is 6.02. The van der Waals surface area contributed by atoms with Crippen LogP contribution in [0.2, 0.25) is 0 Å². The zero-order valence-corrected chi connectivity index (χ0v) is 11.1. The van der Waals surface area contributed by atoms with Crippen molar-refractivity contribution in [2.75, 3.05) is 11.1 Å². The Balaban J connectivity index is 2.05. The highest BCUT2D eigenvalue weighted by Crippen LogP contribution is 2.15. The van der Waals surface area contributed by atoms with E-state index >= 15 is 0 Å². The Bertz CT molecular complexity index is 665. The fraction of sp³-hybridized carbons (Fsp3) is 0.0625. The van der Waals surface area contributed by atoms with E-state index in [-0.39, 0.29) is 5.69 Å². The van der Waals surface area contributed by atoms with Crippen molar-refractivity contribution in [3.8, 4) is 0 Å². The number of nitrogens with two attached hydrogens (primary N) is 1. The van der Waals surface area contributed by atoms with Gasteiger partial charge in [0.25, 0.3) is 0 Å². The number of nitrogens with one attached hydrogen (secondary N) is 1. The van der Waals surface area contributed by atoms with Gasteiger partial charge in [0.2, 0.25) is 5.91 Å². The number of anilines is 2. The molecule has 0 aliphatic rings. The van der Waals surface area contributed by atoms with Crippen LogP contribution in [-0.2, 0) is 4.79 Å². The van der Waals surface area contributed by atoms with Crippen LogP contribution < -0.4 is 11.1 Å². The number of hydrogen-bond donors (Lipinski definition) is 2. The van der Waals surface area contributed by atoms with Crippen LogP contribution in [0.1, 0.15) is 11.1 Å². The van der Waals surface area contributed by atoms with Crippen LogP contribution in [0.4, 0.5) is 15.8 Å². The van der Waals surface area contributed by atoms with E-state index in [1.54, 1.807) is 37.3 Å². The maximum absolute atomic E-state index is 13.6. The standard InChI is InChI=1S/C16H15FN2O/c1-11-5-7-15(14(17)9-11)19-16(20)8-6-12-3-2-4-13(18)10-12/h2-10H,18H2,1H3,(H,19,20)/b8-6+. The van der Waals surface area contributed by atoms with Crippen molar-refractivity contribution >= 4 is 23.4 Å². The summed E-state index contributed by atoms with van der Waals surface area (Å²) < 4.78 is 13.6. The molecule has 0 aliphatic carbocycles. The van der Waals surface area contributed by atoms with Gasteiger partial charge in [-0.25, -0.2) is 4.39 Å². The van der Waals surface area contributed by atoms with Gasteiger partial charge in [-0.05, 0) is 48.4 Å². The summed E-state index contributed by atoms with van der Waals surface area (Å²) in [7, 11) is 0. The smallest absolute Gasteiger partial charge is 0.248 e. The van der Waals surface area contributed by atoms with Crippen molar-refractivity contribution in [1.82, 2.24) is 0 Å². The summed E-state index contributed by atoms with van der Waals surface area (Å²) >= 11 is 0. The number of halogens is 1. The summed E-state index contributed by atoms with van der Waals surface area (Å²) in [4.78, 5) is 11.7. The van der Waals surface area contributed by atoms with Gasteiger partial charge in [-0.2, -0.15) is 0 Å². The molecule has 0 radical (unpaired) electrons. The molecule has 3 N–H and O–H groups in total. The zero-order chi connectivity index (χ0) is 14.5. The predicted octanol–water partition coefficient (Wildman–Crippen LogP) is 3.37. The average Bonchev–Trinajstić information content (AvgIpc) is 2.40. The van der Waals surface area contributed by atoms with E-state index in [2.05, 4.69) is 5.32 Å². The van der Waals surface area contributed by atoms with Crippen LogP contribution in [-0.4, -0.2) is 5.91 Å². The van der Waals surface area contributed by atoms with Crippen molar-refractivity contribution in [1.29, 1.82) is 0 Å². The second kappa shape index (κ2) is 6.02. The van der Waals surface area contributed by atoms with Crippen LogP contribution in [0.3, 0.4) is 0 Å². The molecule has 0 bridgehead atoms. The van der Waals surface area contributed by atoms with Crippen LogP contribution in [0.25, 0.3) is 6.08 Å². The van der Waals surface area contributed by atoms with E-state index in [0.717, 1.165) is 11.1 Å². The predicted molar refractivity (Wildman–Crippen MR) is 79.7 cm³/mol. The zero-order valence-electron chi connectivity index (χ0n) is 11.1. The van der Waals surface area contributed by atoms with E-state index in [1.165, 1.54) is 18.2 Å². The topological polar surface area (TPSA) is 55.1 Å². The first kappa shape index (κ1) is 13.8. The number of aryl methyl sites for hydroxylation is 1. The Labute approximate surface area is 116 Å². The number of rotatable bonds is 3. The van der Waals surface area contributed by atoms with Gasteiger partial charge in [-0.3, -0.25) is 4.79 Å². The van der Waals surface area contributed by atoms with Crippen LogP contribution in [0, 0.1) is 12.7 Å². The molecule has 0 aromatic heterocycles.